The number of hydrogen-bond acceptors (Lipinski definition) is 5. The summed E-state index contributed by atoms with van der Waals surface area (Å²) in [5.74, 6) is -0.517. The molecule has 1 amide bonds. The van der Waals surface area contributed by atoms with E-state index in [0.29, 0.717) is 19.3 Å². The lowest BCUT2D eigenvalue weighted by atomic mass is 10.0. The SMILES string of the molecule is CC/C=C\C/C=C\C/C=C\C/C=C\C/C=C\CCCC(CC(=O)NC(CO)C(O)CCCCCCCCCCCCCCCCCCC)OC(=O)CCCCCCCCCCCCCCCCCCC. The molecule has 3 atom stereocenters. The fourth-order valence-corrected chi connectivity index (χ4v) is 9.29. The van der Waals surface area contributed by atoms with Gasteiger partial charge in [-0.05, 0) is 64.2 Å². The summed E-state index contributed by atoms with van der Waals surface area (Å²) in [6.07, 6.45) is 73.0. The molecule has 408 valence electrons. The molecule has 3 N–H and O–H groups in total. The lowest BCUT2D eigenvalue weighted by molar-refractivity contribution is -0.151. The number of aliphatic hydroxyl groups is 2. The molecule has 0 aliphatic carbocycles. The van der Waals surface area contributed by atoms with Crippen LogP contribution in [0.3, 0.4) is 0 Å². The summed E-state index contributed by atoms with van der Waals surface area (Å²) in [6, 6.07) is -0.721. The molecule has 0 saturated carbocycles. The average Bonchev–Trinajstić information content (AvgIpc) is 3.35. The molecule has 0 aliphatic heterocycles. The van der Waals surface area contributed by atoms with Gasteiger partial charge in [0.15, 0.2) is 0 Å². The Morgan fingerprint density at radius 2 is 0.771 bits per heavy atom. The third-order valence-corrected chi connectivity index (χ3v) is 13.9. The van der Waals surface area contributed by atoms with Gasteiger partial charge in [-0.1, -0.05) is 293 Å². The first-order chi connectivity index (χ1) is 34.5. The molecule has 0 aliphatic rings. The summed E-state index contributed by atoms with van der Waals surface area (Å²) < 4.78 is 5.95. The van der Waals surface area contributed by atoms with Crippen molar-refractivity contribution in [2.45, 2.75) is 328 Å². The van der Waals surface area contributed by atoms with E-state index in [-0.39, 0.29) is 24.9 Å². The molecule has 0 radical (unpaired) electrons. The molecule has 0 bridgehead atoms. The van der Waals surface area contributed by atoms with Crippen molar-refractivity contribution in [3.63, 3.8) is 0 Å². The topological polar surface area (TPSA) is 95.9 Å². The second kappa shape index (κ2) is 57.5. The van der Waals surface area contributed by atoms with Gasteiger partial charge >= 0.3 is 5.97 Å². The van der Waals surface area contributed by atoms with E-state index in [4.69, 9.17) is 4.74 Å². The van der Waals surface area contributed by atoms with E-state index in [1.165, 1.54) is 180 Å². The first kappa shape index (κ1) is 67.6. The second-order valence-corrected chi connectivity index (χ2v) is 20.7. The molecule has 70 heavy (non-hydrogen) atoms. The van der Waals surface area contributed by atoms with Gasteiger partial charge < -0.3 is 20.3 Å². The van der Waals surface area contributed by atoms with Crippen LogP contribution in [0, 0.1) is 0 Å². The van der Waals surface area contributed by atoms with E-state index in [1.807, 2.05) is 0 Å². The minimum atomic E-state index is -0.804. The number of hydrogen-bond donors (Lipinski definition) is 3. The van der Waals surface area contributed by atoms with Gasteiger partial charge in [0, 0.05) is 6.42 Å². The summed E-state index contributed by atoms with van der Waals surface area (Å²) >= 11 is 0. The molecule has 0 heterocycles. The lowest BCUT2D eigenvalue weighted by Crippen LogP contribution is -2.46. The van der Waals surface area contributed by atoms with Crippen LogP contribution < -0.4 is 5.32 Å². The normalized spacial score (nSPS) is 13.5. The summed E-state index contributed by atoms with van der Waals surface area (Å²) in [5.41, 5.74) is 0. The average molecular weight is 981 g/mol. The van der Waals surface area contributed by atoms with Gasteiger partial charge in [-0.15, -0.1) is 0 Å². The standard InChI is InChI=1S/C64H117NO5/c1-4-7-10-13-16-19-22-25-28-31-34-37-40-43-46-49-52-55-60(70-64(69)57-54-51-48-45-42-39-36-33-30-27-24-21-18-15-12-9-6-3)58-63(68)65-61(59-66)62(67)56-53-50-47-44-41-38-35-32-29-26-23-20-17-14-11-8-5-2/h7,10,16,19,25,28,34,37,43,46,60-62,66-67H,4-6,8-9,11-15,17-18,20-24,26-27,29-33,35-36,38-42,44-45,47-59H2,1-3H3,(H,65,68)/b10-7-,19-16-,28-25-,37-34-,46-43-. The van der Waals surface area contributed by atoms with Gasteiger partial charge in [0.25, 0.3) is 0 Å². The number of ether oxygens (including phenoxy) is 1. The predicted molar refractivity (Wildman–Crippen MR) is 305 cm³/mol. The number of aliphatic hydroxyl groups excluding tert-OH is 2. The first-order valence-corrected chi connectivity index (χ1v) is 30.5. The van der Waals surface area contributed by atoms with Crippen LogP contribution in [0.15, 0.2) is 60.8 Å². The molecule has 0 fully saturated rings. The summed E-state index contributed by atoms with van der Waals surface area (Å²) in [6.45, 7) is 6.40. The van der Waals surface area contributed by atoms with Crippen LogP contribution in [-0.2, 0) is 14.3 Å². The minimum absolute atomic E-state index is 0.0405. The van der Waals surface area contributed by atoms with Crippen molar-refractivity contribution in [1.29, 1.82) is 0 Å². The zero-order chi connectivity index (χ0) is 50.9. The van der Waals surface area contributed by atoms with Gasteiger partial charge in [-0.2, -0.15) is 0 Å². The highest BCUT2D eigenvalue weighted by molar-refractivity contribution is 5.77. The maximum Gasteiger partial charge on any atom is 0.306 e. The fraction of sp³-hybridized carbons (Fsp3) is 0.812. The maximum atomic E-state index is 13.3. The fourth-order valence-electron chi connectivity index (χ4n) is 9.29. The van der Waals surface area contributed by atoms with E-state index in [2.05, 4.69) is 86.8 Å². The van der Waals surface area contributed by atoms with Gasteiger partial charge in [-0.3, -0.25) is 9.59 Å². The Labute approximate surface area is 435 Å². The highest BCUT2D eigenvalue weighted by atomic mass is 16.5. The molecule has 0 aromatic carbocycles. The molecule has 3 unspecified atom stereocenters. The first-order valence-electron chi connectivity index (χ1n) is 30.5. The number of esters is 1. The second-order valence-electron chi connectivity index (χ2n) is 20.7. The van der Waals surface area contributed by atoms with Crippen molar-refractivity contribution >= 4 is 11.9 Å². The smallest absolute Gasteiger partial charge is 0.306 e. The molecule has 0 aromatic rings. The van der Waals surface area contributed by atoms with Crippen molar-refractivity contribution in [1.82, 2.24) is 5.32 Å². The molecule has 0 spiro atoms. The Morgan fingerprint density at radius 1 is 0.429 bits per heavy atom. The summed E-state index contributed by atoms with van der Waals surface area (Å²) in [7, 11) is 0. The Balaban J connectivity index is 4.60. The van der Waals surface area contributed by atoms with Crippen LogP contribution in [0.4, 0.5) is 0 Å². The zero-order valence-corrected chi connectivity index (χ0v) is 46.7. The minimum Gasteiger partial charge on any atom is -0.462 e. The van der Waals surface area contributed by atoms with E-state index < -0.39 is 18.2 Å². The van der Waals surface area contributed by atoms with Gasteiger partial charge in [0.2, 0.25) is 5.91 Å². The molecule has 6 nitrogen and oxygen atoms in total. The molecule has 0 aromatic heterocycles. The third-order valence-electron chi connectivity index (χ3n) is 13.9. The molecule has 6 heteroatoms. The van der Waals surface area contributed by atoms with Gasteiger partial charge in [0.1, 0.15) is 6.10 Å². The van der Waals surface area contributed by atoms with Crippen LogP contribution in [0.1, 0.15) is 310 Å². The Hall–Kier alpha value is -2.44. The van der Waals surface area contributed by atoms with Crippen molar-refractivity contribution < 1.29 is 24.5 Å². The lowest BCUT2D eigenvalue weighted by Gasteiger charge is -2.24. The van der Waals surface area contributed by atoms with Crippen molar-refractivity contribution in [2.24, 2.45) is 0 Å². The number of carbonyl (C=O) groups is 2. The number of amides is 1. The number of carbonyl (C=O) groups excluding carboxylic acids is 2. The van der Waals surface area contributed by atoms with Crippen LogP contribution in [0.25, 0.3) is 0 Å². The number of allylic oxidation sites excluding steroid dienone is 10. The number of rotatable bonds is 55. The van der Waals surface area contributed by atoms with Crippen molar-refractivity contribution in [3.05, 3.63) is 60.8 Å². The largest absolute Gasteiger partial charge is 0.462 e. The number of unbranched alkanes of at least 4 members (excludes halogenated alkanes) is 33. The van der Waals surface area contributed by atoms with Gasteiger partial charge in [-0.25, -0.2) is 0 Å². The predicted octanol–water partition coefficient (Wildman–Crippen LogP) is 19.1. The van der Waals surface area contributed by atoms with Crippen LogP contribution >= 0.6 is 0 Å². The molecule has 0 saturated heterocycles. The highest BCUT2D eigenvalue weighted by Gasteiger charge is 2.24. The molecular weight excluding hydrogens is 863 g/mol. The van der Waals surface area contributed by atoms with E-state index in [9.17, 15) is 19.8 Å². The monoisotopic (exact) mass is 980 g/mol. The van der Waals surface area contributed by atoms with Crippen molar-refractivity contribution in [3.8, 4) is 0 Å². The zero-order valence-electron chi connectivity index (χ0n) is 46.7. The maximum absolute atomic E-state index is 13.3. The van der Waals surface area contributed by atoms with Crippen LogP contribution in [0.2, 0.25) is 0 Å². The Morgan fingerprint density at radius 3 is 1.14 bits per heavy atom. The van der Waals surface area contributed by atoms with Crippen molar-refractivity contribution in [2.75, 3.05) is 6.61 Å². The Bertz CT molecular complexity index is 1240. The van der Waals surface area contributed by atoms with E-state index in [1.54, 1.807) is 0 Å². The summed E-state index contributed by atoms with van der Waals surface area (Å²) in [4.78, 5) is 26.3. The quantitative estimate of drug-likeness (QED) is 0.0321. The third kappa shape index (κ3) is 51.9. The summed E-state index contributed by atoms with van der Waals surface area (Å²) in [5, 5.41) is 23.9. The Kier molecular flexibility index (Phi) is 55.5. The number of nitrogens with one attached hydrogen (secondary N) is 1. The molecule has 0 rings (SSSR count). The van der Waals surface area contributed by atoms with E-state index >= 15 is 0 Å². The van der Waals surface area contributed by atoms with Gasteiger partial charge in [0.05, 0.1) is 25.2 Å². The highest BCUT2D eigenvalue weighted by Crippen LogP contribution is 2.18. The van der Waals surface area contributed by atoms with Crippen LogP contribution in [0.5, 0.6) is 0 Å². The van der Waals surface area contributed by atoms with Crippen LogP contribution in [-0.4, -0.2) is 46.9 Å². The van der Waals surface area contributed by atoms with E-state index in [0.717, 1.165) is 83.5 Å². The molecular formula is C64H117NO5.